The molecule has 0 radical (unpaired) electrons. The van der Waals surface area contributed by atoms with Crippen LogP contribution < -0.4 is 5.32 Å². The van der Waals surface area contributed by atoms with Gasteiger partial charge in [0.05, 0.1) is 12.5 Å². The van der Waals surface area contributed by atoms with Crippen molar-refractivity contribution < 1.29 is 19.5 Å². The fourth-order valence-electron chi connectivity index (χ4n) is 2.70. The van der Waals surface area contributed by atoms with Gasteiger partial charge in [-0.15, -0.1) is 0 Å². The van der Waals surface area contributed by atoms with Crippen molar-refractivity contribution in [2.75, 3.05) is 0 Å². The molecular formula is C12H18N2O4. The van der Waals surface area contributed by atoms with E-state index in [0.717, 1.165) is 25.7 Å². The van der Waals surface area contributed by atoms with E-state index in [1.165, 1.54) is 11.8 Å². The van der Waals surface area contributed by atoms with E-state index < -0.39 is 18.1 Å². The Hall–Kier alpha value is -1.43. The minimum Gasteiger partial charge on any atom is -0.480 e. The molecule has 2 aliphatic rings. The fourth-order valence-corrected chi connectivity index (χ4v) is 2.70. The molecule has 2 amide bonds. The smallest absolute Gasteiger partial charge is 0.320 e. The number of hydrogen-bond donors (Lipinski definition) is 2. The third-order valence-corrected chi connectivity index (χ3v) is 3.69. The summed E-state index contributed by atoms with van der Waals surface area (Å²) in [5, 5.41) is 11.5. The first-order chi connectivity index (χ1) is 8.50. The van der Waals surface area contributed by atoms with Crippen molar-refractivity contribution in [2.45, 2.75) is 57.2 Å². The van der Waals surface area contributed by atoms with Gasteiger partial charge in [-0.1, -0.05) is 12.8 Å². The minimum absolute atomic E-state index is 0.0249. The number of carbonyl (C=O) groups excluding carboxylic acids is 2. The van der Waals surface area contributed by atoms with E-state index >= 15 is 0 Å². The third kappa shape index (κ3) is 2.38. The molecular weight excluding hydrogens is 236 g/mol. The van der Waals surface area contributed by atoms with Gasteiger partial charge in [0.25, 0.3) is 0 Å². The number of imide groups is 1. The van der Waals surface area contributed by atoms with Crippen LogP contribution >= 0.6 is 0 Å². The number of amides is 2. The highest BCUT2D eigenvalue weighted by Crippen LogP contribution is 2.28. The maximum atomic E-state index is 12.1. The Morgan fingerprint density at radius 3 is 2.56 bits per heavy atom. The molecule has 1 saturated carbocycles. The van der Waals surface area contributed by atoms with Gasteiger partial charge < -0.3 is 5.11 Å². The number of nitrogens with one attached hydrogen (secondary N) is 1. The van der Waals surface area contributed by atoms with Gasteiger partial charge in [-0.25, -0.2) is 0 Å². The standard InChI is InChI=1S/C12H18N2O4/c1-7(12(17)18)13-9-6-10(15)14(11(9)16)8-4-2-3-5-8/h7-9,13H,2-6H2,1H3,(H,17,18)/t7-,9?/m1/s1. The molecule has 18 heavy (non-hydrogen) atoms. The van der Waals surface area contributed by atoms with Crippen molar-refractivity contribution in [3.05, 3.63) is 0 Å². The molecule has 2 fully saturated rings. The summed E-state index contributed by atoms with van der Waals surface area (Å²) >= 11 is 0. The first-order valence-electron chi connectivity index (χ1n) is 6.35. The van der Waals surface area contributed by atoms with Crippen molar-refractivity contribution in [1.82, 2.24) is 10.2 Å². The summed E-state index contributed by atoms with van der Waals surface area (Å²) in [6, 6.07) is -1.48. The lowest BCUT2D eigenvalue weighted by molar-refractivity contribution is -0.141. The van der Waals surface area contributed by atoms with Crippen molar-refractivity contribution in [3.8, 4) is 0 Å². The SMILES string of the molecule is C[C@@H](NC1CC(=O)N(C2CCCC2)C1=O)C(=O)O. The van der Waals surface area contributed by atoms with E-state index in [1.54, 1.807) is 0 Å². The van der Waals surface area contributed by atoms with Crippen LogP contribution in [0.25, 0.3) is 0 Å². The molecule has 0 aromatic rings. The van der Waals surface area contributed by atoms with E-state index in [2.05, 4.69) is 5.32 Å². The maximum absolute atomic E-state index is 12.1. The average molecular weight is 254 g/mol. The molecule has 1 saturated heterocycles. The van der Waals surface area contributed by atoms with Gasteiger partial charge >= 0.3 is 5.97 Å². The number of hydrogen-bond acceptors (Lipinski definition) is 4. The van der Waals surface area contributed by atoms with Crippen LogP contribution in [0.5, 0.6) is 0 Å². The van der Waals surface area contributed by atoms with Crippen LogP contribution in [0.15, 0.2) is 0 Å². The second kappa shape index (κ2) is 5.06. The van der Waals surface area contributed by atoms with Gasteiger partial charge in [-0.05, 0) is 19.8 Å². The zero-order valence-electron chi connectivity index (χ0n) is 10.4. The molecule has 6 nitrogen and oxygen atoms in total. The van der Waals surface area contributed by atoms with Crippen LogP contribution in [0.4, 0.5) is 0 Å². The average Bonchev–Trinajstić information content (AvgIpc) is 2.88. The Kier molecular flexibility index (Phi) is 3.65. The third-order valence-electron chi connectivity index (χ3n) is 3.69. The van der Waals surface area contributed by atoms with E-state index in [9.17, 15) is 14.4 Å². The van der Waals surface area contributed by atoms with Crippen molar-refractivity contribution in [3.63, 3.8) is 0 Å². The quantitative estimate of drug-likeness (QED) is 0.696. The molecule has 0 aromatic carbocycles. The van der Waals surface area contributed by atoms with E-state index in [-0.39, 0.29) is 24.3 Å². The molecule has 2 atom stereocenters. The zero-order valence-corrected chi connectivity index (χ0v) is 10.4. The van der Waals surface area contributed by atoms with Gasteiger partial charge in [0.1, 0.15) is 6.04 Å². The highest BCUT2D eigenvalue weighted by atomic mass is 16.4. The molecule has 2 rings (SSSR count). The summed E-state index contributed by atoms with van der Waals surface area (Å²) in [5.74, 6) is -1.46. The van der Waals surface area contributed by atoms with Gasteiger partial charge in [0, 0.05) is 6.04 Å². The summed E-state index contributed by atoms with van der Waals surface area (Å²) in [5.41, 5.74) is 0. The topological polar surface area (TPSA) is 86.7 Å². The molecule has 6 heteroatoms. The molecule has 2 N–H and O–H groups in total. The predicted molar refractivity (Wildman–Crippen MR) is 62.7 cm³/mol. The molecule has 0 bridgehead atoms. The maximum Gasteiger partial charge on any atom is 0.320 e. The monoisotopic (exact) mass is 254 g/mol. The Morgan fingerprint density at radius 2 is 2.00 bits per heavy atom. The number of likely N-dealkylation sites (tertiary alicyclic amines) is 1. The van der Waals surface area contributed by atoms with Crippen molar-refractivity contribution >= 4 is 17.8 Å². The molecule has 100 valence electrons. The Morgan fingerprint density at radius 1 is 1.39 bits per heavy atom. The Balaban J connectivity index is 2.02. The Labute approximate surface area is 105 Å². The van der Waals surface area contributed by atoms with Gasteiger partial charge in [0.2, 0.25) is 11.8 Å². The van der Waals surface area contributed by atoms with Crippen molar-refractivity contribution in [2.24, 2.45) is 0 Å². The first-order valence-corrected chi connectivity index (χ1v) is 6.35. The molecule has 1 aliphatic heterocycles. The number of carbonyl (C=O) groups is 3. The lowest BCUT2D eigenvalue weighted by Crippen LogP contribution is -2.47. The zero-order chi connectivity index (χ0) is 13.3. The van der Waals surface area contributed by atoms with Gasteiger partial charge in [0.15, 0.2) is 0 Å². The van der Waals surface area contributed by atoms with Crippen LogP contribution in [0, 0.1) is 0 Å². The Bertz CT molecular complexity index is 376. The second-order valence-corrected chi connectivity index (χ2v) is 5.02. The van der Waals surface area contributed by atoms with Gasteiger partial charge in [-0.2, -0.15) is 0 Å². The fraction of sp³-hybridized carbons (Fsp3) is 0.750. The summed E-state index contributed by atoms with van der Waals surface area (Å²) in [6.07, 6.45) is 3.92. The summed E-state index contributed by atoms with van der Waals surface area (Å²) < 4.78 is 0. The minimum atomic E-state index is -1.02. The number of rotatable bonds is 4. The molecule has 1 heterocycles. The lowest BCUT2D eigenvalue weighted by atomic mass is 10.2. The van der Waals surface area contributed by atoms with Crippen LogP contribution in [0.2, 0.25) is 0 Å². The van der Waals surface area contributed by atoms with E-state index in [4.69, 9.17) is 5.11 Å². The van der Waals surface area contributed by atoms with Gasteiger partial charge in [-0.3, -0.25) is 24.6 Å². The highest BCUT2D eigenvalue weighted by molar-refractivity contribution is 6.06. The predicted octanol–water partition coefficient (Wildman–Crippen LogP) is 0.119. The van der Waals surface area contributed by atoms with E-state index in [1.807, 2.05) is 0 Å². The number of carboxylic acid groups (broad SMARTS) is 1. The van der Waals surface area contributed by atoms with Crippen LogP contribution in [0.1, 0.15) is 39.0 Å². The summed E-state index contributed by atoms with van der Waals surface area (Å²) in [4.78, 5) is 36.0. The number of aliphatic carboxylic acids is 1. The lowest BCUT2D eigenvalue weighted by Gasteiger charge is -2.22. The second-order valence-electron chi connectivity index (χ2n) is 5.02. The molecule has 0 aromatic heterocycles. The summed E-state index contributed by atoms with van der Waals surface area (Å²) in [7, 11) is 0. The normalized spacial score (nSPS) is 26.9. The first kappa shape index (κ1) is 13.0. The summed E-state index contributed by atoms with van der Waals surface area (Å²) in [6.45, 7) is 1.47. The van der Waals surface area contributed by atoms with Crippen molar-refractivity contribution in [1.29, 1.82) is 0 Å². The van der Waals surface area contributed by atoms with E-state index in [0.29, 0.717) is 0 Å². The van der Waals surface area contributed by atoms with Crippen LogP contribution in [0.3, 0.4) is 0 Å². The molecule has 0 spiro atoms. The highest BCUT2D eigenvalue weighted by Gasteiger charge is 2.43. The number of carboxylic acids is 1. The van der Waals surface area contributed by atoms with Crippen LogP contribution in [-0.4, -0.2) is 45.9 Å². The number of nitrogens with zero attached hydrogens (tertiary/aromatic N) is 1. The molecule has 1 aliphatic carbocycles. The van der Waals surface area contributed by atoms with Crippen LogP contribution in [-0.2, 0) is 14.4 Å². The largest absolute Gasteiger partial charge is 0.480 e. The molecule has 1 unspecified atom stereocenters.